The molecule has 0 heterocycles. The molecular weight excluding hydrogens is 555 g/mol. The second kappa shape index (κ2) is 13.7. The van der Waals surface area contributed by atoms with Crippen molar-refractivity contribution in [3.05, 3.63) is 107 Å². The molecule has 6 N–H and O–H groups in total. The highest BCUT2D eigenvalue weighted by Gasteiger charge is 2.39. The largest absolute Gasteiger partial charge is 1.00 e. The number of aryl methyl sites for hydroxylation is 2. The molecule has 1 unspecified atom stereocenters. The van der Waals surface area contributed by atoms with Crippen LogP contribution in [0.4, 0.5) is 0 Å². The summed E-state index contributed by atoms with van der Waals surface area (Å²) in [5.74, 6) is -3.55. The molecule has 0 aromatic heterocycles. The molecule has 0 saturated heterocycles. The van der Waals surface area contributed by atoms with E-state index in [4.69, 9.17) is 0 Å². The predicted octanol–water partition coefficient (Wildman–Crippen LogP) is 0.489. The van der Waals surface area contributed by atoms with Gasteiger partial charge in [0.1, 0.15) is 6.04 Å². The average Bonchev–Trinajstić information content (AvgIpc) is 2.84. The molecule has 9 heteroatoms. The lowest BCUT2D eigenvalue weighted by molar-refractivity contribution is -0.397. The number of benzene rings is 3. The number of carboxylic acid groups (broad SMARTS) is 1. The minimum Gasteiger partial charge on any atom is -1.00 e. The predicted molar refractivity (Wildman–Crippen MR) is 140 cm³/mol. The van der Waals surface area contributed by atoms with Gasteiger partial charge in [-0.05, 0) is 37.0 Å². The summed E-state index contributed by atoms with van der Waals surface area (Å²) in [6.45, 7) is 3.82. The zero-order chi connectivity index (χ0) is 26.3. The van der Waals surface area contributed by atoms with E-state index < -0.39 is 37.0 Å². The van der Waals surface area contributed by atoms with Crippen LogP contribution in [0.1, 0.15) is 33.6 Å². The Labute approximate surface area is 228 Å². The SMILES string of the molecule is Cc1ccc([C@H]([NH3+])P(=O)(O)C[C@@H](Cc2ccccc2)C(=O)N[C@@H](Cc2ccccc2)C(=O)O)c(C)c1.[Br-]. The molecule has 0 fully saturated rings. The van der Waals surface area contributed by atoms with E-state index in [-0.39, 0.29) is 36.0 Å². The number of nitrogens with one attached hydrogen (secondary N) is 1. The molecular formula is C28H34BrN2O5P. The lowest BCUT2D eigenvalue weighted by Crippen LogP contribution is -3.00. The fourth-order valence-corrected chi connectivity index (χ4v) is 6.24. The summed E-state index contributed by atoms with van der Waals surface area (Å²) in [7, 11) is -3.95. The second-order valence-corrected chi connectivity index (χ2v) is 11.8. The van der Waals surface area contributed by atoms with Crippen molar-refractivity contribution in [1.29, 1.82) is 0 Å². The van der Waals surface area contributed by atoms with E-state index in [1.807, 2.05) is 62.4 Å². The Morgan fingerprint density at radius 1 is 0.919 bits per heavy atom. The number of quaternary nitrogens is 1. The maximum Gasteiger partial charge on any atom is 0.326 e. The van der Waals surface area contributed by atoms with E-state index in [0.29, 0.717) is 5.56 Å². The first-order valence-corrected chi connectivity index (χ1v) is 13.8. The minimum atomic E-state index is -3.95. The van der Waals surface area contributed by atoms with Gasteiger partial charge in [-0.3, -0.25) is 9.36 Å². The zero-order valence-electron chi connectivity index (χ0n) is 21.0. The number of hydrogen-bond acceptors (Lipinski definition) is 3. The first kappa shape index (κ1) is 30.5. The van der Waals surface area contributed by atoms with Crippen LogP contribution >= 0.6 is 7.37 Å². The Bertz CT molecular complexity index is 1240. The average molecular weight is 589 g/mol. The highest BCUT2D eigenvalue weighted by molar-refractivity contribution is 7.58. The van der Waals surface area contributed by atoms with Gasteiger partial charge in [0, 0.05) is 18.1 Å². The van der Waals surface area contributed by atoms with Crippen LogP contribution in [-0.2, 0) is 27.0 Å². The fourth-order valence-electron chi connectivity index (χ4n) is 4.34. The number of aliphatic carboxylic acids is 1. The van der Waals surface area contributed by atoms with Crippen LogP contribution in [0.3, 0.4) is 0 Å². The van der Waals surface area contributed by atoms with Crippen molar-refractivity contribution in [3.8, 4) is 0 Å². The minimum absolute atomic E-state index is 0. The molecule has 0 aliphatic rings. The van der Waals surface area contributed by atoms with Crippen LogP contribution in [0, 0.1) is 19.8 Å². The summed E-state index contributed by atoms with van der Waals surface area (Å²) in [5.41, 5.74) is 8.15. The molecule has 37 heavy (non-hydrogen) atoms. The van der Waals surface area contributed by atoms with Crippen LogP contribution < -0.4 is 28.0 Å². The van der Waals surface area contributed by atoms with E-state index in [2.05, 4.69) is 11.1 Å². The van der Waals surface area contributed by atoms with Crippen LogP contribution in [0.25, 0.3) is 0 Å². The van der Waals surface area contributed by atoms with Crippen molar-refractivity contribution in [2.45, 2.75) is 38.5 Å². The third-order valence-corrected chi connectivity index (χ3v) is 8.56. The van der Waals surface area contributed by atoms with Crippen molar-refractivity contribution in [3.63, 3.8) is 0 Å². The Hall–Kier alpha value is -2.77. The second-order valence-electron chi connectivity index (χ2n) is 9.29. The Morgan fingerprint density at radius 2 is 1.46 bits per heavy atom. The van der Waals surface area contributed by atoms with E-state index in [1.165, 1.54) is 0 Å². The summed E-state index contributed by atoms with van der Waals surface area (Å²) in [6.07, 6.45) is -0.00133. The van der Waals surface area contributed by atoms with Crippen LogP contribution in [0.2, 0.25) is 0 Å². The van der Waals surface area contributed by atoms with Gasteiger partial charge in [0.15, 0.2) is 5.78 Å². The number of halogens is 1. The Kier molecular flexibility index (Phi) is 11.3. The molecule has 1 amide bonds. The standard InChI is InChI=1S/C28H33N2O5P.BrH/c1-19-13-14-24(20(2)15-19)26(29)36(34,35)18-23(16-21-9-5-3-6-10-21)27(31)30-25(28(32)33)17-22-11-7-4-8-12-22;/h3-15,23,25-26H,16-18,29H2,1-2H3,(H,30,31)(H,32,33)(H,34,35);1H/t23-,25+,26-;/m1./s1. The zero-order valence-corrected chi connectivity index (χ0v) is 23.5. The third-order valence-electron chi connectivity index (χ3n) is 6.35. The van der Waals surface area contributed by atoms with Crippen molar-refractivity contribution in [2.75, 3.05) is 6.16 Å². The molecule has 0 saturated carbocycles. The van der Waals surface area contributed by atoms with Crippen molar-refractivity contribution in [2.24, 2.45) is 5.92 Å². The van der Waals surface area contributed by atoms with E-state index >= 15 is 0 Å². The summed E-state index contributed by atoms with van der Waals surface area (Å²) in [5, 5.41) is 12.4. The number of carbonyl (C=O) groups is 2. The quantitative estimate of drug-likeness (QED) is 0.242. The maximum atomic E-state index is 13.6. The number of carbonyl (C=O) groups excluding carboxylic acids is 1. The van der Waals surface area contributed by atoms with Gasteiger partial charge in [0.25, 0.3) is 7.37 Å². The Morgan fingerprint density at radius 3 is 1.97 bits per heavy atom. The normalized spacial score (nSPS) is 14.9. The highest BCUT2D eigenvalue weighted by atomic mass is 79.9. The summed E-state index contributed by atoms with van der Waals surface area (Å²) < 4.78 is 13.6. The van der Waals surface area contributed by atoms with Gasteiger partial charge in [-0.25, -0.2) is 4.79 Å². The van der Waals surface area contributed by atoms with E-state index in [1.54, 1.807) is 30.3 Å². The molecule has 0 aliphatic heterocycles. The van der Waals surface area contributed by atoms with Gasteiger partial charge in [-0.1, -0.05) is 84.4 Å². The van der Waals surface area contributed by atoms with Gasteiger partial charge in [0.2, 0.25) is 5.91 Å². The van der Waals surface area contributed by atoms with Gasteiger partial charge >= 0.3 is 5.97 Å². The van der Waals surface area contributed by atoms with Gasteiger partial charge < -0.3 is 38.0 Å². The van der Waals surface area contributed by atoms with E-state index in [0.717, 1.165) is 22.3 Å². The summed E-state index contributed by atoms with van der Waals surface area (Å²) in [6, 6.07) is 22.7. The smallest absolute Gasteiger partial charge is 0.326 e. The van der Waals surface area contributed by atoms with Crippen LogP contribution in [0.15, 0.2) is 78.9 Å². The molecule has 0 aliphatic carbocycles. The van der Waals surface area contributed by atoms with E-state index in [9.17, 15) is 24.2 Å². The molecule has 0 spiro atoms. The lowest BCUT2D eigenvalue weighted by atomic mass is 9.99. The number of amides is 1. The molecule has 3 aromatic rings. The summed E-state index contributed by atoms with van der Waals surface area (Å²) in [4.78, 5) is 36.4. The van der Waals surface area contributed by atoms with Crippen LogP contribution in [0.5, 0.6) is 0 Å². The first-order valence-electron chi connectivity index (χ1n) is 11.9. The molecule has 198 valence electrons. The number of rotatable bonds is 11. The number of carboxylic acids is 1. The van der Waals surface area contributed by atoms with Gasteiger partial charge in [0.05, 0.1) is 5.92 Å². The van der Waals surface area contributed by atoms with Gasteiger partial charge in [-0.2, -0.15) is 0 Å². The first-order chi connectivity index (χ1) is 17.1. The topological polar surface area (TPSA) is 131 Å². The molecule has 3 rings (SSSR count). The highest BCUT2D eigenvalue weighted by Crippen LogP contribution is 2.53. The molecule has 4 atom stereocenters. The molecule has 0 bridgehead atoms. The van der Waals surface area contributed by atoms with Crippen LogP contribution in [-0.4, -0.2) is 34.1 Å². The Balaban J connectivity index is 0.00000481. The molecule has 7 nitrogen and oxygen atoms in total. The van der Waals surface area contributed by atoms with Crippen molar-refractivity contribution >= 4 is 19.2 Å². The molecule has 3 aromatic carbocycles. The van der Waals surface area contributed by atoms with Gasteiger partial charge in [-0.15, -0.1) is 0 Å². The fraction of sp³-hybridized carbons (Fsp3) is 0.286. The third kappa shape index (κ3) is 8.64. The lowest BCUT2D eigenvalue weighted by Gasteiger charge is -2.25. The van der Waals surface area contributed by atoms with Crippen molar-refractivity contribution < 1.29 is 46.9 Å². The molecule has 0 radical (unpaired) electrons. The van der Waals surface area contributed by atoms with Crippen molar-refractivity contribution in [1.82, 2.24) is 5.32 Å². The number of hydrogen-bond donors (Lipinski definition) is 4. The monoisotopic (exact) mass is 588 g/mol. The maximum absolute atomic E-state index is 13.6. The summed E-state index contributed by atoms with van der Waals surface area (Å²) >= 11 is 0.